The second kappa shape index (κ2) is 7.41. The van der Waals surface area contributed by atoms with Crippen LogP contribution in [0.1, 0.15) is 44.4 Å². The van der Waals surface area contributed by atoms with Gasteiger partial charge in [0.1, 0.15) is 5.41 Å². The monoisotopic (exact) mass is 410 g/mol. The molecule has 3 fully saturated rings. The third-order valence-corrected chi connectivity index (χ3v) is 7.43. The first-order valence-electron chi connectivity index (χ1n) is 11.2. The molecule has 6 heteroatoms. The van der Waals surface area contributed by atoms with Crippen molar-refractivity contribution < 1.29 is 19.1 Å². The van der Waals surface area contributed by atoms with Gasteiger partial charge in [-0.2, -0.15) is 0 Å². The zero-order valence-corrected chi connectivity index (χ0v) is 17.8. The Morgan fingerprint density at radius 3 is 2.90 bits per heavy atom. The summed E-state index contributed by atoms with van der Waals surface area (Å²) < 4.78 is 11.0. The lowest BCUT2D eigenvalue weighted by atomic mass is 9.56. The highest BCUT2D eigenvalue weighted by Gasteiger charge is 2.63. The van der Waals surface area contributed by atoms with Crippen LogP contribution in [0.25, 0.3) is 10.9 Å². The van der Waals surface area contributed by atoms with E-state index in [9.17, 15) is 9.59 Å². The predicted molar refractivity (Wildman–Crippen MR) is 113 cm³/mol. The van der Waals surface area contributed by atoms with E-state index < -0.39 is 5.41 Å². The Labute approximate surface area is 176 Å². The van der Waals surface area contributed by atoms with Crippen LogP contribution in [0.5, 0.6) is 0 Å². The molecule has 1 aliphatic carbocycles. The highest BCUT2D eigenvalue weighted by Crippen LogP contribution is 2.55. The Bertz CT molecular complexity index is 983. The van der Waals surface area contributed by atoms with Gasteiger partial charge in [0.2, 0.25) is 0 Å². The number of aromatic amines is 1. The van der Waals surface area contributed by atoms with E-state index in [0.29, 0.717) is 25.0 Å². The van der Waals surface area contributed by atoms with Crippen molar-refractivity contribution in [2.24, 2.45) is 11.8 Å². The van der Waals surface area contributed by atoms with E-state index in [-0.39, 0.29) is 18.0 Å². The van der Waals surface area contributed by atoms with Gasteiger partial charge in [0, 0.05) is 42.7 Å². The Morgan fingerprint density at radius 1 is 1.27 bits per heavy atom. The first kappa shape index (κ1) is 19.6. The lowest BCUT2D eigenvalue weighted by Crippen LogP contribution is -2.67. The average molecular weight is 411 g/mol. The highest BCUT2D eigenvalue weighted by molar-refractivity contribution is 5.91. The average Bonchev–Trinajstić information content (AvgIpc) is 3.06. The molecule has 30 heavy (non-hydrogen) atoms. The number of hydrogen-bond donors (Lipinski definition) is 1. The highest BCUT2D eigenvalue weighted by atomic mass is 16.5. The number of nitrogens with zero attached hydrogens (tertiary/aromatic N) is 1. The standard InChI is InChI=1S/C24H30N2O4/c1-3-29-23(28)24-13-16-12-17(9-11-30-15(2)27)22(24)26(14-16)10-8-19-18-6-4-5-7-20(18)25-21(19)24/h4-7,16-17,22,25H,3,8-14H2,1-2H3. The largest absolute Gasteiger partial charge is 0.466 e. The number of piperidine rings is 2. The molecule has 4 aliphatic rings. The quantitative estimate of drug-likeness (QED) is 0.767. The summed E-state index contributed by atoms with van der Waals surface area (Å²) in [6.45, 7) is 6.11. The van der Waals surface area contributed by atoms with E-state index in [4.69, 9.17) is 9.47 Å². The number of rotatable bonds is 5. The van der Waals surface area contributed by atoms with Gasteiger partial charge in [-0.3, -0.25) is 14.5 Å². The molecule has 1 aromatic carbocycles. The number of ether oxygens (including phenoxy) is 2. The molecule has 1 N–H and O–H groups in total. The van der Waals surface area contributed by atoms with Crippen molar-refractivity contribution in [3.63, 3.8) is 0 Å². The molecular formula is C24H30N2O4. The smallest absolute Gasteiger partial charge is 0.319 e. The molecule has 1 saturated carbocycles. The minimum Gasteiger partial charge on any atom is -0.466 e. The first-order valence-corrected chi connectivity index (χ1v) is 11.2. The fourth-order valence-corrected chi connectivity index (χ4v) is 6.58. The number of fused-ring (bicyclic) bond motifs is 4. The fourth-order valence-electron chi connectivity index (χ4n) is 6.58. The van der Waals surface area contributed by atoms with Gasteiger partial charge < -0.3 is 14.5 Å². The van der Waals surface area contributed by atoms with Crippen molar-refractivity contribution in [2.75, 3.05) is 26.3 Å². The molecule has 0 radical (unpaired) electrons. The molecule has 3 aliphatic heterocycles. The van der Waals surface area contributed by atoms with Crippen molar-refractivity contribution in [1.29, 1.82) is 0 Å². The van der Waals surface area contributed by atoms with Gasteiger partial charge in [0.15, 0.2) is 0 Å². The maximum Gasteiger partial charge on any atom is 0.319 e. The SMILES string of the molecule is CCOC(=O)C12CC3CC(CCOC(C)=O)C1N(CCc1c2[nH]c2ccccc12)C3. The number of aromatic nitrogens is 1. The summed E-state index contributed by atoms with van der Waals surface area (Å²) in [4.78, 5) is 31.2. The molecule has 5 atom stereocenters. The van der Waals surface area contributed by atoms with Crippen LogP contribution < -0.4 is 0 Å². The number of para-hydroxylation sites is 1. The van der Waals surface area contributed by atoms with E-state index >= 15 is 0 Å². The van der Waals surface area contributed by atoms with Crippen LogP contribution in [0.2, 0.25) is 0 Å². The van der Waals surface area contributed by atoms with Crippen molar-refractivity contribution in [1.82, 2.24) is 9.88 Å². The maximum absolute atomic E-state index is 13.7. The molecule has 4 bridgehead atoms. The lowest BCUT2D eigenvalue weighted by molar-refractivity contribution is -0.166. The summed E-state index contributed by atoms with van der Waals surface area (Å²) in [5.41, 5.74) is 2.75. The fraction of sp³-hybridized carbons (Fsp3) is 0.583. The van der Waals surface area contributed by atoms with Crippen LogP contribution in [-0.4, -0.2) is 54.2 Å². The van der Waals surface area contributed by atoms with Crippen LogP contribution in [0.3, 0.4) is 0 Å². The van der Waals surface area contributed by atoms with Gasteiger partial charge in [-0.1, -0.05) is 18.2 Å². The summed E-state index contributed by atoms with van der Waals surface area (Å²) in [5.74, 6) is 0.404. The van der Waals surface area contributed by atoms with E-state index in [2.05, 4.69) is 28.1 Å². The van der Waals surface area contributed by atoms with E-state index in [1.54, 1.807) is 0 Å². The van der Waals surface area contributed by atoms with Crippen molar-refractivity contribution >= 4 is 22.8 Å². The third kappa shape index (κ3) is 2.88. The molecular weight excluding hydrogens is 380 g/mol. The van der Waals surface area contributed by atoms with Gasteiger partial charge >= 0.3 is 11.9 Å². The Kier molecular flexibility index (Phi) is 4.85. The van der Waals surface area contributed by atoms with Gasteiger partial charge in [-0.05, 0) is 56.1 Å². The summed E-state index contributed by atoms with van der Waals surface area (Å²) in [7, 11) is 0. The van der Waals surface area contributed by atoms with E-state index in [0.717, 1.165) is 50.0 Å². The molecule has 160 valence electrons. The molecule has 2 aromatic rings. The van der Waals surface area contributed by atoms with Gasteiger partial charge in [-0.15, -0.1) is 0 Å². The molecule has 6 rings (SSSR count). The summed E-state index contributed by atoms with van der Waals surface area (Å²) in [6, 6.07) is 8.44. The number of carbonyl (C=O) groups is 2. The lowest BCUT2D eigenvalue weighted by Gasteiger charge is -2.58. The molecule has 5 unspecified atom stereocenters. The van der Waals surface area contributed by atoms with Gasteiger partial charge in [-0.25, -0.2) is 0 Å². The predicted octanol–water partition coefficient (Wildman–Crippen LogP) is 3.19. The second-order valence-electron chi connectivity index (χ2n) is 9.10. The first-order chi connectivity index (χ1) is 14.5. The third-order valence-electron chi connectivity index (χ3n) is 7.43. The van der Waals surface area contributed by atoms with Crippen LogP contribution >= 0.6 is 0 Å². The van der Waals surface area contributed by atoms with Crippen molar-refractivity contribution in [3.8, 4) is 0 Å². The number of benzene rings is 1. The Balaban J connectivity index is 1.63. The van der Waals surface area contributed by atoms with E-state index in [1.165, 1.54) is 17.9 Å². The minimum atomic E-state index is -0.678. The number of H-pyrrole nitrogens is 1. The number of carbonyl (C=O) groups excluding carboxylic acids is 2. The van der Waals surface area contributed by atoms with Gasteiger partial charge in [0.25, 0.3) is 0 Å². The number of esters is 2. The van der Waals surface area contributed by atoms with Gasteiger partial charge in [0.05, 0.1) is 13.2 Å². The van der Waals surface area contributed by atoms with Crippen LogP contribution in [0.4, 0.5) is 0 Å². The van der Waals surface area contributed by atoms with Crippen molar-refractivity contribution in [2.45, 2.75) is 51.0 Å². The molecule has 2 saturated heterocycles. The second-order valence-corrected chi connectivity index (χ2v) is 9.10. The van der Waals surface area contributed by atoms with Crippen LogP contribution in [0, 0.1) is 11.8 Å². The Hall–Kier alpha value is -2.34. The maximum atomic E-state index is 13.7. The van der Waals surface area contributed by atoms with Crippen molar-refractivity contribution in [3.05, 3.63) is 35.5 Å². The summed E-state index contributed by atoms with van der Waals surface area (Å²) >= 11 is 0. The van der Waals surface area contributed by atoms with Crippen LogP contribution in [0.15, 0.2) is 24.3 Å². The molecule has 0 amide bonds. The Morgan fingerprint density at radius 2 is 2.10 bits per heavy atom. The minimum absolute atomic E-state index is 0.0754. The number of hydrogen-bond acceptors (Lipinski definition) is 5. The summed E-state index contributed by atoms with van der Waals surface area (Å²) in [5, 5.41) is 1.22. The van der Waals surface area contributed by atoms with Crippen LogP contribution in [-0.2, 0) is 30.9 Å². The molecule has 1 aromatic heterocycles. The molecule has 6 nitrogen and oxygen atoms in total. The number of nitrogens with one attached hydrogen (secondary N) is 1. The molecule has 4 heterocycles. The normalized spacial score (nSPS) is 31.8. The topological polar surface area (TPSA) is 71.6 Å². The van der Waals surface area contributed by atoms with E-state index in [1.807, 2.05) is 13.0 Å². The zero-order chi connectivity index (χ0) is 20.9. The zero-order valence-electron chi connectivity index (χ0n) is 17.8. The summed E-state index contributed by atoms with van der Waals surface area (Å²) in [6.07, 6.45) is 3.63. The molecule has 0 spiro atoms.